The third kappa shape index (κ3) is 4.16. The average molecular weight is 459 g/mol. The topological polar surface area (TPSA) is 52.5 Å². The van der Waals surface area contributed by atoms with Crippen LogP contribution < -0.4 is 18.9 Å². The number of hydrogen-bond acceptors (Lipinski definition) is 6. The maximum atomic E-state index is 6.55. The molecule has 0 fully saturated rings. The van der Waals surface area contributed by atoms with Gasteiger partial charge in [0.2, 0.25) is 6.23 Å². The standard InChI is InChI=1S/C28H30N2O4/c1-4-5-17-33-22-15-11-20(12-16-22)28-30-25(23-7-6-8-26(32-3)27(23)34-28)18-24(29-30)19-9-13-21(31-2)14-10-19/h6-16,25,28H,4-5,17-18H2,1-3H3/t25-,28+/m0/s1. The van der Waals surface area contributed by atoms with Crippen molar-refractivity contribution in [3.8, 4) is 23.0 Å². The zero-order valence-corrected chi connectivity index (χ0v) is 19.9. The molecule has 0 N–H and O–H groups in total. The minimum absolute atomic E-state index is 0.0569. The fourth-order valence-corrected chi connectivity index (χ4v) is 4.49. The summed E-state index contributed by atoms with van der Waals surface area (Å²) < 4.78 is 23.4. The smallest absolute Gasteiger partial charge is 0.214 e. The van der Waals surface area contributed by atoms with Gasteiger partial charge in [-0.1, -0.05) is 25.5 Å². The van der Waals surface area contributed by atoms with Crippen LogP contribution >= 0.6 is 0 Å². The Bertz CT molecular complexity index is 1160. The molecule has 2 aliphatic heterocycles. The molecule has 176 valence electrons. The van der Waals surface area contributed by atoms with Gasteiger partial charge in [0.1, 0.15) is 11.5 Å². The molecule has 5 rings (SSSR count). The summed E-state index contributed by atoms with van der Waals surface area (Å²) in [5.41, 5.74) is 4.21. The van der Waals surface area contributed by atoms with E-state index in [-0.39, 0.29) is 12.3 Å². The van der Waals surface area contributed by atoms with Crippen LogP contribution in [0.1, 0.15) is 55.1 Å². The highest BCUT2D eigenvalue weighted by molar-refractivity contribution is 6.02. The molecular formula is C28H30N2O4. The first-order valence-electron chi connectivity index (χ1n) is 11.8. The van der Waals surface area contributed by atoms with Crippen molar-refractivity contribution >= 4 is 5.71 Å². The molecule has 0 radical (unpaired) electrons. The number of rotatable bonds is 8. The van der Waals surface area contributed by atoms with Crippen molar-refractivity contribution in [2.24, 2.45) is 5.10 Å². The van der Waals surface area contributed by atoms with E-state index in [4.69, 9.17) is 24.0 Å². The van der Waals surface area contributed by atoms with E-state index in [0.717, 1.165) is 71.3 Å². The van der Waals surface area contributed by atoms with Gasteiger partial charge in [0.25, 0.3) is 0 Å². The van der Waals surface area contributed by atoms with Crippen molar-refractivity contribution in [1.82, 2.24) is 5.01 Å². The summed E-state index contributed by atoms with van der Waals surface area (Å²) in [5.74, 6) is 3.22. The van der Waals surface area contributed by atoms with Crippen molar-refractivity contribution < 1.29 is 18.9 Å². The van der Waals surface area contributed by atoms with Crippen LogP contribution in [0.2, 0.25) is 0 Å². The van der Waals surface area contributed by atoms with Gasteiger partial charge in [-0.05, 0) is 66.6 Å². The number of benzene rings is 3. The Hall–Kier alpha value is -3.67. The molecule has 2 aliphatic rings. The first kappa shape index (κ1) is 22.1. The Morgan fingerprint density at radius 3 is 2.41 bits per heavy atom. The molecule has 0 unspecified atom stereocenters. The molecule has 3 aromatic carbocycles. The predicted octanol–water partition coefficient (Wildman–Crippen LogP) is 6.13. The fraction of sp³-hybridized carbons (Fsp3) is 0.321. The minimum atomic E-state index is -0.366. The van der Waals surface area contributed by atoms with Crippen molar-refractivity contribution in [2.45, 2.75) is 38.5 Å². The summed E-state index contributed by atoms with van der Waals surface area (Å²) in [6, 6.07) is 22.3. The monoisotopic (exact) mass is 458 g/mol. The molecule has 0 aliphatic carbocycles. The Balaban J connectivity index is 1.49. The molecule has 0 amide bonds. The van der Waals surface area contributed by atoms with Crippen LogP contribution in [-0.2, 0) is 0 Å². The summed E-state index contributed by atoms with van der Waals surface area (Å²) in [7, 11) is 3.35. The third-order valence-electron chi connectivity index (χ3n) is 6.36. The largest absolute Gasteiger partial charge is 0.497 e. The molecule has 0 saturated heterocycles. The fourth-order valence-electron chi connectivity index (χ4n) is 4.49. The van der Waals surface area contributed by atoms with Crippen molar-refractivity contribution in [3.63, 3.8) is 0 Å². The van der Waals surface area contributed by atoms with Gasteiger partial charge in [-0.3, -0.25) is 0 Å². The molecule has 34 heavy (non-hydrogen) atoms. The average Bonchev–Trinajstić information content (AvgIpc) is 3.34. The highest BCUT2D eigenvalue weighted by atomic mass is 16.5. The second kappa shape index (κ2) is 9.67. The van der Waals surface area contributed by atoms with Crippen molar-refractivity contribution in [2.75, 3.05) is 20.8 Å². The minimum Gasteiger partial charge on any atom is -0.497 e. The van der Waals surface area contributed by atoms with Crippen molar-refractivity contribution in [1.29, 1.82) is 0 Å². The zero-order chi connectivity index (χ0) is 23.5. The van der Waals surface area contributed by atoms with E-state index >= 15 is 0 Å². The van der Waals surface area contributed by atoms with Crippen molar-refractivity contribution in [3.05, 3.63) is 83.4 Å². The van der Waals surface area contributed by atoms with Crippen LogP contribution in [0.5, 0.6) is 23.0 Å². The van der Waals surface area contributed by atoms with E-state index in [1.165, 1.54) is 0 Å². The van der Waals surface area contributed by atoms with E-state index in [9.17, 15) is 0 Å². The Kier molecular flexibility index (Phi) is 6.30. The predicted molar refractivity (Wildman–Crippen MR) is 132 cm³/mol. The molecule has 2 atom stereocenters. The lowest BCUT2D eigenvalue weighted by molar-refractivity contribution is -0.0209. The van der Waals surface area contributed by atoms with E-state index in [1.54, 1.807) is 14.2 Å². The lowest BCUT2D eigenvalue weighted by Crippen LogP contribution is -2.33. The first-order valence-corrected chi connectivity index (χ1v) is 11.8. The summed E-state index contributed by atoms with van der Waals surface area (Å²) >= 11 is 0. The highest BCUT2D eigenvalue weighted by Gasteiger charge is 2.42. The van der Waals surface area contributed by atoms with E-state index in [2.05, 4.69) is 42.3 Å². The molecule has 6 nitrogen and oxygen atoms in total. The Morgan fingerprint density at radius 1 is 0.941 bits per heavy atom. The lowest BCUT2D eigenvalue weighted by atomic mass is 9.95. The van der Waals surface area contributed by atoms with Crippen LogP contribution in [0.3, 0.4) is 0 Å². The van der Waals surface area contributed by atoms with Gasteiger partial charge in [-0.15, -0.1) is 0 Å². The Labute approximate surface area is 200 Å². The maximum absolute atomic E-state index is 6.55. The van der Waals surface area contributed by atoms with E-state index in [1.807, 2.05) is 36.4 Å². The maximum Gasteiger partial charge on any atom is 0.214 e. The number of hydrazone groups is 1. The molecular weight excluding hydrogens is 428 g/mol. The van der Waals surface area contributed by atoms with Crippen LogP contribution in [0.25, 0.3) is 0 Å². The van der Waals surface area contributed by atoms with Gasteiger partial charge in [0.05, 0.1) is 32.6 Å². The number of fused-ring (bicyclic) bond motifs is 3. The van der Waals surface area contributed by atoms with E-state index in [0.29, 0.717) is 0 Å². The third-order valence-corrected chi connectivity index (χ3v) is 6.36. The van der Waals surface area contributed by atoms with Gasteiger partial charge in [-0.25, -0.2) is 5.01 Å². The number of hydrogen-bond donors (Lipinski definition) is 0. The van der Waals surface area contributed by atoms with Crippen LogP contribution in [0.4, 0.5) is 0 Å². The molecule has 0 saturated carbocycles. The number of nitrogens with zero attached hydrogens (tertiary/aromatic N) is 2. The number of ether oxygens (including phenoxy) is 4. The van der Waals surface area contributed by atoms with Gasteiger partial charge >= 0.3 is 0 Å². The lowest BCUT2D eigenvalue weighted by Gasteiger charge is -2.38. The second-order valence-corrected chi connectivity index (χ2v) is 8.50. The first-order chi connectivity index (χ1) is 16.7. The summed E-state index contributed by atoms with van der Waals surface area (Å²) in [6.07, 6.45) is 2.57. The van der Waals surface area contributed by atoms with Gasteiger partial charge in [0.15, 0.2) is 11.5 Å². The normalized spacial score (nSPS) is 18.4. The summed E-state index contributed by atoms with van der Waals surface area (Å²) in [4.78, 5) is 0. The summed E-state index contributed by atoms with van der Waals surface area (Å²) in [5, 5.41) is 7.12. The van der Waals surface area contributed by atoms with Crippen LogP contribution in [0, 0.1) is 0 Å². The molecule has 2 heterocycles. The SMILES string of the molecule is CCCCOc1ccc([C@H]2Oc3c(OC)cccc3[C@@H]3CC(c4ccc(OC)cc4)=NN23)cc1. The number of para-hydroxylation sites is 1. The molecule has 3 aromatic rings. The Morgan fingerprint density at radius 2 is 1.71 bits per heavy atom. The van der Waals surface area contributed by atoms with E-state index < -0.39 is 0 Å². The zero-order valence-electron chi connectivity index (χ0n) is 19.9. The quantitative estimate of drug-likeness (QED) is 0.380. The molecule has 0 aromatic heterocycles. The van der Waals surface area contributed by atoms with Crippen LogP contribution in [0.15, 0.2) is 71.8 Å². The van der Waals surface area contributed by atoms with Crippen LogP contribution in [-0.4, -0.2) is 31.5 Å². The van der Waals surface area contributed by atoms with Gasteiger partial charge < -0.3 is 18.9 Å². The number of unbranched alkanes of at least 4 members (excludes halogenated alkanes) is 1. The van der Waals surface area contributed by atoms with Gasteiger partial charge in [0, 0.05) is 17.5 Å². The molecule has 0 spiro atoms. The molecule has 6 heteroatoms. The number of methoxy groups -OCH3 is 2. The second-order valence-electron chi connectivity index (χ2n) is 8.50. The molecule has 0 bridgehead atoms. The van der Waals surface area contributed by atoms with Gasteiger partial charge in [-0.2, -0.15) is 5.10 Å². The summed E-state index contributed by atoms with van der Waals surface area (Å²) in [6.45, 7) is 2.89. The highest BCUT2D eigenvalue weighted by Crippen LogP contribution is 2.50.